The van der Waals surface area contributed by atoms with Crippen LogP contribution in [0.4, 0.5) is 0 Å². The normalized spacial score (nSPS) is 30.1. The average Bonchev–Trinajstić information content (AvgIpc) is 3.51. The average molecular weight is 502 g/mol. The molecule has 1 aromatic rings. The Labute approximate surface area is 214 Å². The quantitative estimate of drug-likeness (QED) is 0.257. The number of likely N-dealkylation sites (tertiary alicyclic amines) is 2. The van der Waals surface area contributed by atoms with Crippen molar-refractivity contribution >= 4 is 29.8 Å². The number of benzene rings is 1. The highest BCUT2D eigenvalue weighted by atomic mass is 35.5. The number of hydrogen-bond acceptors (Lipinski definition) is 4. The van der Waals surface area contributed by atoms with Gasteiger partial charge in [0, 0.05) is 49.6 Å². The van der Waals surface area contributed by atoms with Gasteiger partial charge in [-0.15, -0.1) is 0 Å². The SMILES string of the molecule is CCC(=O)NC(C1CCC(C)CC1)[C@H]1CCN(C(=O)[C@@H]2CN(/C=N\N)C[C@H]2c2ccc(Cl)cc2)C1. The van der Waals surface area contributed by atoms with Crippen LogP contribution >= 0.6 is 11.6 Å². The Hall–Kier alpha value is -2.28. The van der Waals surface area contributed by atoms with E-state index in [1.165, 1.54) is 12.8 Å². The second kappa shape index (κ2) is 11.6. The van der Waals surface area contributed by atoms with E-state index in [4.69, 9.17) is 17.4 Å². The van der Waals surface area contributed by atoms with E-state index in [1.807, 2.05) is 41.0 Å². The summed E-state index contributed by atoms with van der Waals surface area (Å²) in [6.07, 6.45) is 7.84. The van der Waals surface area contributed by atoms with Crippen LogP contribution in [0, 0.1) is 23.7 Å². The van der Waals surface area contributed by atoms with Gasteiger partial charge in [-0.25, -0.2) is 0 Å². The molecule has 1 saturated carbocycles. The third-order valence-corrected chi connectivity index (χ3v) is 8.71. The Kier molecular flexibility index (Phi) is 8.58. The molecular formula is C27H40ClN5O2. The maximum absolute atomic E-state index is 13.8. The van der Waals surface area contributed by atoms with Crippen LogP contribution in [0.25, 0.3) is 0 Å². The number of halogens is 1. The molecule has 3 aliphatic rings. The van der Waals surface area contributed by atoms with Gasteiger partial charge >= 0.3 is 0 Å². The summed E-state index contributed by atoms with van der Waals surface area (Å²) in [4.78, 5) is 30.3. The lowest BCUT2D eigenvalue weighted by Gasteiger charge is -2.36. The molecule has 192 valence electrons. The first-order valence-electron chi connectivity index (χ1n) is 13.2. The molecule has 0 radical (unpaired) electrons. The highest BCUT2D eigenvalue weighted by Gasteiger charge is 2.43. The number of rotatable bonds is 7. The minimum Gasteiger partial charge on any atom is -0.360 e. The number of amides is 2. The van der Waals surface area contributed by atoms with E-state index in [0.717, 1.165) is 37.3 Å². The molecule has 7 nitrogen and oxygen atoms in total. The number of nitrogens with one attached hydrogen (secondary N) is 1. The number of hydrazone groups is 1. The van der Waals surface area contributed by atoms with Gasteiger partial charge in [0.1, 0.15) is 6.34 Å². The summed E-state index contributed by atoms with van der Waals surface area (Å²) >= 11 is 6.11. The summed E-state index contributed by atoms with van der Waals surface area (Å²) in [5, 5.41) is 7.74. The monoisotopic (exact) mass is 501 g/mol. The Morgan fingerprint density at radius 1 is 1.11 bits per heavy atom. The van der Waals surface area contributed by atoms with E-state index < -0.39 is 0 Å². The van der Waals surface area contributed by atoms with Crippen LogP contribution in [0.3, 0.4) is 0 Å². The lowest BCUT2D eigenvalue weighted by atomic mass is 9.75. The zero-order valence-electron chi connectivity index (χ0n) is 21.0. The van der Waals surface area contributed by atoms with Gasteiger partial charge < -0.3 is 21.0 Å². The van der Waals surface area contributed by atoms with Gasteiger partial charge in [-0.05, 0) is 54.7 Å². The number of nitrogens with two attached hydrogens (primary N) is 1. The Balaban J connectivity index is 1.47. The topological polar surface area (TPSA) is 91.0 Å². The molecule has 3 fully saturated rings. The number of hydrogen-bond donors (Lipinski definition) is 2. The smallest absolute Gasteiger partial charge is 0.228 e. The summed E-state index contributed by atoms with van der Waals surface area (Å²) in [6, 6.07) is 7.96. The highest BCUT2D eigenvalue weighted by Crippen LogP contribution is 2.38. The van der Waals surface area contributed by atoms with Crippen LogP contribution in [-0.2, 0) is 9.59 Å². The van der Waals surface area contributed by atoms with Crippen molar-refractivity contribution in [1.82, 2.24) is 15.1 Å². The van der Waals surface area contributed by atoms with Crippen LogP contribution in [0.1, 0.15) is 63.9 Å². The first-order chi connectivity index (χ1) is 16.9. The second-order valence-corrected chi connectivity index (χ2v) is 11.2. The molecule has 4 rings (SSSR count). The van der Waals surface area contributed by atoms with Crippen molar-refractivity contribution in [2.24, 2.45) is 34.6 Å². The van der Waals surface area contributed by atoms with Crippen molar-refractivity contribution in [2.45, 2.75) is 64.3 Å². The van der Waals surface area contributed by atoms with Gasteiger partial charge in [0.05, 0.1) is 5.92 Å². The molecular weight excluding hydrogens is 462 g/mol. The summed E-state index contributed by atoms with van der Waals surface area (Å²) in [7, 11) is 0. The van der Waals surface area contributed by atoms with Crippen molar-refractivity contribution in [1.29, 1.82) is 0 Å². The standard InChI is InChI=1S/C27H40ClN5O2/c1-3-25(34)31-26(20-6-4-18(2)5-7-20)21-12-13-33(14-21)27(35)24-16-32(17-30-29)15-23(24)19-8-10-22(28)11-9-19/h8-11,17-18,20-21,23-24,26H,3-7,12-16,29H2,1-2H3,(H,31,34)/b30-17-/t18?,20?,21-,23-,24+,26?/m0/s1. The molecule has 2 saturated heterocycles. The van der Waals surface area contributed by atoms with Crippen molar-refractivity contribution in [3.63, 3.8) is 0 Å². The summed E-state index contributed by atoms with van der Waals surface area (Å²) in [5.41, 5.74) is 1.11. The fraction of sp³-hybridized carbons (Fsp3) is 0.667. The minimum absolute atomic E-state index is 0.0623. The van der Waals surface area contributed by atoms with Gasteiger partial charge in [0.2, 0.25) is 11.8 Å². The van der Waals surface area contributed by atoms with E-state index in [2.05, 4.69) is 17.3 Å². The molecule has 3 N–H and O–H groups in total. The predicted octanol–water partition coefficient (Wildman–Crippen LogP) is 3.83. The summed E-state index contributed by atoms with van der Waals surface area (Å²) in [5.74, 6) is 7.21. The van der Waals surface area contributed by atoms with E-state index >= 15 is 0 Å². The van der Waals surface area contributed by atoms with Crippen molar-refractivity contribution in [2.75, 3.05) is 26.2 Å². The molecule has 4 atom stereocenters. The zero-order chi connectivity index (χ0) is 24.9. The van der Waals surface area contributed by atoms with Gasteiger partial charge in [0.15, 0.2) is 0 Å². The van der Waals surface area contributed by atoms with Crippen LogP contribution in [0.5, 0.6) is 0 Å². The van der Waals surface area contributed by atoms with Crippen molar-refractivity contribution in [3.05, 3.63) is 34.9 Å². The van der Waals surface area contributed by atoms with Gasteiger partial charge in [-0.2, -0.15) is 5.10 Å². The lowest BCUT2D eigenvalue weighted by molar-refractivity contribution is -0.134. The molecule has 1 aromatic carbocycles. The number of carbonyl (C=O) groups is 2. The molecule has 0 spiro atoms. The lowest BCUT2D eigenvalue weighted by Crippen LogP contribution is -2.47. The van der Waals surface area contributed by atoms with Gasteiger partial charge in [-0.1, -0.05) is 50.4 Å². The third kappa shape index (κ3) is 6.11. The first kappa shape index (κ1) is 25.8. The molecule has 2 amide bonds. The number of nitrogens with zero attached hydrogens (tertiary/aromatic N) is 3. The fourth-order valence-electron chi connectivity index (χ4n) is 6.39. The summed E-state index contributed by atoms with van der Waals surface area (Å²) < 4.78 is 0. The van der Waals surface area contributed by atoms with E-state index in [0.29, 0.717) is 42.9 Å². The van der Waals surface area contributed by atoms with Crippen LogP contribution in [0.15, 0.2) is 29.4 Å². The largest absolute Gasteiger partial charge is 0.360 e. The van der Waals surface area contributed by atoms with Crippen LogP contribution < -0.4 is 11.2 Å². The number of carbonyl (C=O) groups excluding carboxylic acids is 2. The third-order valence-electron chi connectivity index (χ3n) is 8.45. The predicted molar refractivity (Wildman–Crippen MR) is 140 cm³/mol. The molecule has 0 aromatic heterocycles. The van der Waals surface area contributed by atoms with E-state index in [-0.39, 0.29) is 29.7 Å². The molecule has 1 unspecified atom stereocenters. The molecule has 8 heteroatoms. The molecule has 35 heavy (non-hydrogen) atoms. The molecule has 0 bridgehead atoms. The molecule has 2 heterocycles. The Morgan fingerprint density at radius 2 is 1.83 bits per heavy atom. The molecule has 1 aliphatic carbocycles. The van der Waals surface area contributed by atoms with Crippen molar-refractivity contribution in [3.8, 4) is 0 Å². The second-order valence-electron chi connectivity index (χ2n) is 10.8. The minimum atomic E-state index is -0.160. The Morgan fingerprint density at radius 3 is 2.49 bits per heavy atom. The van der Waals surface area contributed by atoms with Gasteiger partial charge in [0.25, 0.3) is 0 Å². The van der Waals surface area contributed by atoms with E-state index in [1.54, 1.807) is 6.34 Å². The first-order valence-corrected chi connectivity index (χ1v) is 13.6. The summed E-state index contributed by atoms with van der Waals surface area (Å²) in [6.45, 7) is 7.00. The maximum atomic E-state index is 13.8. The van der Waals surface area contributed by atoms with Crippen LogP contribution in [-0.4, -0.2) is 60.2 Å². The zero-order valence-corrected chi connectivity index (χ0v) is 21.8. The Bertz CT molecular complexity index is 899. The van der Waals surface area contributed by atoms with Crippen LogP contribution in [0.2, 0.25) is 5.02 Å². The van der Waals surface area contributed by atoms with Crippen molar-refractivity contribution < 1.29 is 9.59 Å². The van der Waals surface area contributed by atoms with E-state index in [9.17, 15) is 9.59 Å². The molecule has 2 aliphatic heterocycles. The fourth-order valence-corrected chi connectivity index (χ4v) is 6.52. The highest BCUT2D eigenvalue weighted by molar-refractivity contribution is 6.30. The maximum Gasteiger partial charge on any atom is 0.228 e. The van der Waals surface area contributed by atoms with Gasteiger partial charge in [-0.3, -0.25) is 9.59 Å².